The van der Waals surface area contributed by atoms with Crippen LogP contribution in [0.3, 0.4) is 0 Å². The molecule has 0 aliphatic carbocycles. The summed E-state index contributed by atoms with van der Waals surface area (Å²) in [5, 5.41) is 6.23. The molecule has 2 N–H and O–H groups in total. The minimum Gasteiger partial charge on any atom is -0.495 e. The highest BCUT2D eigenvalue weighted by Crippen LogP contribution is 2.40. The number of rotatable bonds is 4. The van der Waals surface area contributed by atoms with Gasteiger partial charge < -0.3 is 15.4 Å². The van der Waals surface area contributed by atoms with Crippen molar-refractivity contribution in [2.75, 3.05) is 22.6 Å². The number of amides is 2. The molecule has 0 spiro atoms. The van der Waals surface area contributed by atoms with E-state index >= 15 is 0 Å². The van der Waals surface area contributed by atoms with Crippen LogP contribution in [0.15, 0.2) is 72.8 Å². The van der Waals surface area contributed by atoms with Crippen LogP contribution in [0, 0.1) is 0 Å². The lowest BCUT2D eigenvalue weighted by Gasteiger charge is -2.38. The number of nitrogens with zero attached hydrogens (tertiary/aromatic N) is 1. The molecule has 29 heavy (non-hydrogen) atoms. The van der Waals surface area contributed by atoms with Crippen molar-refractivity contribution in [1.29, 1.82) is 0 Å². The molecule has 1 atom stereocenters. The second kappa shape index (κ2) is 7.67. The Balaban J connectivity index is 1.81. The number of hydrogen-bond acceptors (Lipinski definition) is 4. The first-order valence-corrected chi connectivity index (χ1v) is 9.28. The molecule has 0 saturated carbocycles. The van der Waals surface area contributed by atoms with Gasteiger partial charge in [-0.1, -0.05) is 36.4 Å². The van der Waals surface area contributed by atoms with Crippen molar-refractivity contribution in [2.24, 2.45) is 0 Å². The Morgan fingerprint density at radius 2 is 1.69 bits per heavy atom. The maximum Gasteiger partial charge on any atom is 0.262 e. The van der Waals surface area contributed by atoms with Crippen LogP contribution in [0.1, 0.15) is 29.0 Å². The van der Waals surface area contributed by atoms with Gasteiger partial charge in [0.15, 0.2) is 0 Å². The van der Waals surface area contributed by atoms with E-state index in [1.807, 2.05) is 72.8 Å². The van der Waals surface area contributed by atoms with E-state index in [1.54, 1.807) is 12.0 Å². The molecular formula is C23H21N3O3. The number of anilines is 3. The third-order valence-corrected chi connectivity index (χ3v) is 4.82. The summed E-state index contributed by atoms with van der Waals surface area (Å²) < 4.78 is 5.51. The van der Waals surface area contributed by atoms with Crippen molar-refractivity contribution >= 4 is 28.9 Å². The van der Waals surface area contributed by atoms with Gasteiger partial charge in [0.1, 0.15) is 11.9 Å². The van der Waals surface area contributed by atoms with Gasteiger partial charge in [0, 0.05) is 18.3 Å². The van der Waals surface area contributed by atoms with E-state index < -0.39 is 6.17 Å². The topological polar surface area (TPSA) is 70.7 Å². The largest absolute Gasteiger partial charge is 0.495 e. The molecule has 0 aromatic heterocycles. The fraction of sp³-hybridized carbons (Fsp3) is 0.130. The Kier molecular flexibility index (Phi) is 4.91. The van der Waals surface area contributed by atoms with Gasteiger partial charge in [-0.25, -0.2) is 0 Å². The van der Waals surface area contributed by atoms with Crippen molar-refractivity contribution < 1.29 is 14.3 Å². The second-order valence-corrected chi connectivity index (χ2v) is 6.74. The number of carbonyl (C=O) groups excluding carboxylic acids is 2. The van der Waals surface area contributed by atoms with E-state index in [0.717, 1.165) is 11.3 Å². The molecule has 1 aliphatic rings. The summed E-state index contributed by atoms with van der Waals surface area (Å²) >= 11 is 0. The van der Waals surface area contributed by atoms with Crippen molar-refractivity contribution in [3.8, 4) is 5.75 Å². The fourth-order valence-electron chi connectivity index (χ4n) is 3.52. The fourth-order valence-corrected chi connectivity index (χ4v) is 3.52. The first-order chi connectivity index (χ1) is 14.1. The highest BCUT2D eigenvalue weighted by atomic mass is 16.5. The van der Waals surface area contributed by atoms with Crippen LogP contribution in [0.4, 0.5) is 17.1 Å². The Morgan fingerprint density at radius 3 is 2.41 bits per heavy atom. The summed E-state index contributed by atoms with van der Waals surface area (Å²) in [7, 11) is 1.59. The molecule has 6 nitrogen and oxygen atoms in total. The number of methoxy groups -OCH3 is 1. The van der Waals surface area contributed by atoms with Crippen molar-refractivity contribution in [1.82, 2.24) is 0 Å². The second-order valence-electron chi connectivity index (χ2n) is 6.74. The third-order valence-electron chi connectivity index (χ3n) is 4.82. The van der Waals surface area contributed by atoms with Gasteiger partial charge in [-0.3, -0.25) is 14.5 Å². The number of fused-ring (bicyclic) bond motifs is 1. The summed E-state index contributed by atoms with van der Waals surface area (Å²) in [4.78, 5) is 26.5. The average molecular weight is 387 g/mol. The Bertz CT molecular complexity index is 1060. The van der Waals surface area contributed by atoms with Gasteiger partial charge in [0.2, 0.25) is 5.91 Å². The summed E-state index contributed by atoms with van der Waals surface area (Å²) in [6, 6.07) is 22.3. The predicted molar refractivity (Wildman–Crippen MR) is 113 cm³/mol. The van der Waals surface area contributed by atoms with Crippen LogP contribution in [0.5, 0.6) is 5.75 Å². The lowest BCUT2D eigenvalue weighted by Crippen LogP contribution is -2.43. The molecule has 0 fully saturated rings. The maximum absolute atomic E-state index is 13.5. The van der Waals surface area contributed by atoms with Crippen LogP contribution < -0.4 is 20.3 Å². The van der Waals surface area contributed by atoms with Crippen LogP contribution >= 0.6 is 0 Å². The lowest BCUT2D eigenvalue weighted by molar-refractivity contribution is -0.114. The van der Waals surface area contributed by atoms with Gasteiger partial charge in [-0.15, -0.1) is 0 Å². The van der Waals surface area contributed by atoms with Crippen molar-refractivity contribution in [2.45, 2.75) is 13.1 Å². The van der Waals surface area contributed by atoms with Crippen molar-refractivity contribution in [3.05, 3.63) is 83.9 Å². The minimum absolute atomic E-state index is 0.111. The van der Waals surface area contributed by atoms with E-state index in [-0.39, 0.29) is 11.8 Å². The molecule has 0 bridgehead atoms. The maximum atomic E-state index is 13.5. The highest BCUT2D eigenvalue weighted by Gasteiger charge is 2.35. The molecule has 6 heteroatoms. The SMILES string of the molecule is COc1ccccc1N1C(=O)c2ccccc2N[C@@H]1c1ccc(NC(C)=O)cc1. The van der Waals surface area contributed by atoms with Gasteiger partial charge in [-0.2, -0.15) is 0 Å². The first kappa shape index (κ1) is 18.6. The van der Waals surface area contributed by atoms with Crippen LogP contribution in [0.2, 0.25) is 0 Å². The number of ether oxygens (including phenoxy) is 1. The molecule has 0 radical (unpaired) electrons. The summed E-state index contributed by atoms with van der Waals surface area (Å²) in [5.41, 5.74) is 3.64. The minimum atomic E-state index is -0.430. The molecule has 2 amide bonds. The molecule has 146 valence electrons. The van der Waals surface area contributed by atoms with E-state index in [1.165, 1.54) is 6.92 Å². The van der Waals surface area contributed by atoms with Crippen molar-refractivity contribution in [3.63, 3.8) is 0 Å². The van der Waals surface area contributed by atoms with Crippen LogP contribution in [-0.2, 0) is 4.79 Å². The molecule has 1 heterocycles. The van der Waals surface area contributed by atoms with E-state index in [2.05, 4.69) is 10.6 Å². The quantitative estimate of drug-likeness (QED) is 0.695. The average Bonchev–Trinajstić information content (AvgIpc) is 2.74. The van der Waals surface area contributed by atoms with Gasteiger partial charge in [0.25, 0.3) is 5.91 Å². The molecule has 0 unspecified atom stereocenters. The van der Waals surface area contributed by atoms with Gasteiger partial charge in [-0.05, 0) is 42.0 Å². The van der Waals surface area contributed by atoms with E-state index in [9.17, 15) is 9.59 Å². The summed E-state index contributed by atoms with van der Waals surface area (Å²) in [6.07, 6.45) is -0.430. The number of para-hydroxylation sites is 3. The lowest BCUT2D eigenvalue weighted by atomic mass is 10.0. The zero-order valence-electron chi connectivity index (χ0n) is 16.2. The molecular weight excluding hydrogens is 366 g/mol. The highest BCUT2D eigenvalue weighted by molar-refractivity contribution is 6.12. The van der Waals surface area contributed by atoms with Crippen LogP contribution in [0.25, 0.3) is 0 Å². The molecule has 3 aromatic carbocycles. The van der Waals surface area contributed by atoms with Crippen LogP contribution in [-0.4, -0.2) is 18.9 Å². The zero-order chi connectivity index (χ0) is 20.4. The summed E-state index contributed by atoms with van der Waals surface area (Å²) in [5.74, 6) is 0.370. The predicted octanol–water partition coefficient (Wildman–Crippen LogP) is 4.42. The third kappa shape index (κ3) is 3.52. The number of carbonyl (C=O) groups is 2. The standard InChI is InChI=1S/C23H21N3O3/c1-15(27)24-17-13-11-16(12-14-17)22-25-19-8-4-3-7-18(19)23(28)26(22)20-9-5-6-10-21(20)29-2/h3-14,22,25H,1-2H3,(H,24,27)/t22-/m0/s1. The summed E-state index contributed by atoms with van der Waals surface area (Å²) in [6.45, 7) is 1.47. The monoisotopic (exact) mass is 387 g/mol. The Hall–Kier alpha value is -3.80. The molecule has 4 rings (SSSR count). The zero-order valence-corrected chi connectivity index (χ0v) is 16.2. The number of hydrogen-bond donors (Lipinski definition) is 2. The number of nitrogens with one attached hydrogen (secondary N) is 2. The first-order valence-electron chi connectivity index (χ1n) is 9.28. The Labute approximate surface area is 169 Å². The van der Waals surface area contributed by atoms with E-state index in [4.69, 9.17) is 4.74 Å². The number of benzene rings is 3. The van der Waals surface area contributed by atoms with Gasteiger partial charge in [0.05, 0.1) is 18.4 Å². The molecule has 1 aliphatic heterocycles. The normalized spacial score (nSPS) is 15.3. The van der Waals surface area contributed by atoms with Gasteiger partial charge >= 0.3 is 0 Å². The molecule has 0 saturated heterocycles. The smallest absolute Gasteiger partial charge is 0.262 e. The Morgan fingerprint density at radius 1 is 1.00 bits per heavy atom. The molecule has 3 aromatic rings. The van der Waals surface area contributed by atoms with E-state index in [0.29, 0.717) is 22.7 Å².